The molecule has 26 heavy (non-hydrogen) atoms. The van der Waals surface area contributed by atoms with E-state index in [0.29, 0.717) is 28.7 Å². The Morgan fingerprint density at radius 3 is 2.73 bits per heavy atom. The Morgan fingerprint density at radius 2 is 2.12 bits per heavy atom. The Hall–Kier alpha value is -1.72. The molecule has 3 rings (SSSR count). The largest absolute Gasteiger partial charge is 0.394 e. The molecule has 0 bridgehead atoms. The highest BCUT2D eigenvalue weighted by molar-refractivity contribution is 7.98. The Bertz CT molecular complexity index is 807. The number of nitrogens with zero attached hydrogens (tertiary/aromatic N) is 4. The zero-order valence-corrected chi connectivity index (χ0v) is 15.6. The maximum absolute atomic E-state index is 10.4. The van der Waals surface area contributed by atoms with Crippen LogP contribution in [0.1, 0.15) is 20.1 Å². The van der Waals surface area contributed by atoms with Crippen LogP contribution in [0.2, 0.25) is 0 Å². The molecule has 1 aliphatic rings. The molecular formula is C16H23N5O4S. The van der Waals surface area contributed by atoms with Gasteiger partial charge in [0.25, 0.3) is 0 Å². The maximum Gasteiger partial charge on any atom is 0.172 e. The SMILES string of the molecule is CSc1nc2c(NCC=C(C)C)ncnc2n1C1O[C@H](CO)[C@@H](O)[C@H]1O. The summed E-state index contributed by atoms with van der Waals surface area (Å²) in [5.74, 6) is 0.577. The number of imidazole rings is 1. The van der Waals surface area contributed by atoms with E-state index in [1.807, 2.05) is 26.2 Å². The van der Waals surface area contributed by atoms with Crippen LogP contribution in [0.3, 0.4) is 0 Å². The number of aliphatic hydroxyl groups excluding tert-OH is 3. The van der Waals surface area contributed by atoms with Crippen LogP contribution in [-0.4, -0.2) is 72.6 Å². The molecule has 1 unspecified atom stereocenters. The van der Waals surface area contributed by atoms with Crippen LogP contribution < -0.4 is 5.32 Å². The molecule has 3 heterocycles. The third-order valence-corrected chi connectivity index (χ3v) is 4.83. The van der Waals surface area contributed by atoms with Gasteiger partial charge < -0.3 is 25.4 Å². The molecule has 4 N–H and O–H groups in total. The Kier molecular flexibility index (Phi) is 5.78. The van der Waals surface area contributed by atoms with Gasteiger partial charge in [-0.2, -0.15) is 0 Å². The normalized spacial score (nSPS) is 25.6. The third-order valence-electron chi connectivity index (χ3n) is 4.18. The van der Waals surface area contributed by atoms with E-state index in [1.165, 1.54) is 23.7 Å². The fraction of sp³-hybridized carbons (Fsp3) is 0.562. The smallest absolute Gasteiger partial charge is 0.172 e. The van der Waals surface area contributed by atoms with Crippen LogP contribution >= 0.6 is 11.8 Å². The number of fused-ring (bicyclic) bond motifs is 1. The van der Waals surface area contributed by atoms with Crippen molar-refractivity contribution in [2.45, 2.75) is 43.5 Å². The van der Waals surface area contributed by atoms with Crippen molar-refractivity contribution >= 4 is 28.7 Å². The number of hydrogen-bond donors (Lipinski definition) is 4. The minimum atomic E-state index is -1.20. The van der Waals surface area contributed by atoms with Gasteiger partial charge in [0.1, 0.15) is 24.6 Å². The number of nitrogens with one attached hydrogen (secondary N) is 1. The minimum Gasteiger partial charge on any atom is -0.394 e. The van der Waals surface area contributed by atoms with Crippen molar-refractivity contribution in [1.29, 1.82) is 0 Å². The summed E-state index contributed by atoms with van der Waals surface area (Å²) in [6.45, 7) is 4.24. The molecule has 0 saturated carbocycles. The van der Waals surface area contributed by atoms with Crippen LogP contribution in [0.25, 0.3) is 11.2 Å². The Morgan fingerprint density at radius 1 is 1.35 bits per heavy atom. The third kappa shape index (κ3) is 3.42. The molecule has 0 aromatic carbocycles. The number of anilines is 1. The first-order valence-corrected chi connectivity index (χ1v) is 9.47. The Labute approximate surface area is 155 Å². The van der Waals surface area contributed by atoms with Gasteiger partial charge in [-0.3, -0.25) is 4.57 Å². The highest BCUT2D eigenvalue weighted by atomic mass is 32.2. The summed E-state index contributed by atoms with van der Waals surface area (Å²) in [6.07, 6.45) is 1.16. The molecule has 4 atom stereocenters. The summed E-state index contributed by atoms with van der Waals surface area (Å²) in [7, 11) is 0. The minimum absolute atomic E-state index is 0.388. The van der Waals surface area contributed by atoms with E-state index in [2.05, 4.69) is 20.3 Å². The molecule has 0 amide bonds. The average Bonchev–Trinajstić information content (AvgIpc) is 3.13. The fourth-order valence-electron chi connectivity index (χ4n) is 2.84. The highest BCUT2D eigenvalue weighted by Crippen LogP contribution is 2.36. The first-order chi connectivity index (χ1) is 12.5. The van der Waals surface area contributed by atoms with Crippen molar-refractivity contribution in [3.63, 3.8) is 0 Å². The number of allylic oxidation sites excluding steroid dienone is 1. The molecule has 10 heteroatoms. The predicted molar refractivity (Wildman–Crippen MR) is 98.0 cm³/mol. The lowest BCUT2D eigenvalue weighted by Gasteiger charge is -2.18. The van der Waals surface area contributed by atoms with Crippen molar-refractivity contribution in [2.75, 3.05) is 24.7 Å². The summed E-state index contributed by atoms with van der Waals surface area (Å²) in [5, 5.41) is 33.5. The van der Waals surface area contributed by atoms with Crippen LogP contribution in [0.4, 0.5) is 5.82 Å². The van der Waals surface area contributed by atoms with E-state index in [9.17, 15) is 15.3 Å². The molecule has 0 aliphatic carbocycles. The number of aliphatic hydroxyl groups is 3. The number of rotatable bonds is 6. The molecular weight excluding hydrogens is 358 g/mol. The van der Waals surface area contributed by atoms with Crippen LogP contribution in [-0.2, 0) is 4.74 Å². The van der Waals surface area contributed by atoms with Crippen molar-refractivity contribution in [3.8, 4) is 0 Å². The Balaban J connectivity index is 2.02. The lowest BCUT2D eigenvalue weighted by molar-refractivity contribution is -0.0548. The lowest BCUT2D eigenvalue weighted by Crippen LogP contribution is -2.33. The average molecular weight is 381 g/mol. The molecule has 1 saturated heterocycles. The van der Waals surface area contributed by atoms with Gasteiger partial charge in [-0.1, -0.05) is 23.4 Å². The summed E-state index contributed by atoms with van der Waals surface area (Å²) >= 11 is 1.37. The second-order valence-electron chi connectivity index (χ2n) is 6.25. The van der Waals surface area contributed by atoms with E-state index in [0.717, 1.165) is 0 Å². The highest BCUT2D eigenvalue weighted by Gasteiger charge is 2.44. The van der Waals surface area contributed by atoms with Crippen molar-refractivity contribution in [3.05, 3.63) is 18.0 Å². The number of aromatic nitrogens is 4. The molecule has 0 spiro atoms. The zero-order chi connectivity index (χ0) is 18.8. The number of thioether (sulfide) groups is 1. The molecule has 2 aromatic heterocycles. The first kappa shape index (κ1) is 19.1. The van der Waals surface area contributed by atoms with Gasteiger partial charge in [-0.05, 0) is 20.1 Å². The summed E-state index contributed by atoms with van der Waals surface area (Å²) < 4.78 is 7.29. The second-order valence-corrected chi connectivity index (χ2v) is 7.03. The first-order valence-electron chi connectivity index (χ1n) is 8.24. The summed E-state index contributed by atoms with van der Waals surface area (Å²) in [5.41, 5.74) is 2.22. The van der Waals surface area contributed by atoms with Gasteiger partial charge in [0.2, 0.25) is 0 Å². The van der Waals surface area contributed by atoms with E-state index in [4.69, 9.17) is 4.74 Å². The number of ether oxygens (including phenoxy) is 1. The van der Waals surface area contributed by atoms with Gasteiger partial charge in [-0.15, -0.1) is 0 Å². The number of hydrogen-bond acceptors (Lipinski definition) is 9. The van der Waals surface area contributed by atoms with E-state index in [-0.39, 0.29) is 6.61 Å². The van der Waals surface area contributed by atoms with Crippen molar-refractivity contribution < 1.29 is 20.1 Å². The monoisotopic (exact) mass is 381 g/mol. The van der Waals surface area contributed by atoms with Crippen molar-refractivity contribution in [2.24, 2.45) is 0 Å². The summed E-state index contributed by atoms with van der Waals surface area (Å²) in [6, 6.07) is 0. The molecule has 1 fully saturated rings. The van der Waals surface area contributed by atoms with Gasteiger partial charge in [0, 0.05) is 6.54 Å². The maximum atomic E-state index is 10.4. The molecule has 2 aromatic rings. The van der Waals surface area contributed by atoms with Crippen LogP contribution in [0, 0.1) is 0 Å². The van der Waals surface area contributed by atoms with E-state index >= 15 is 0 Å². The van der Waals surface area contributed by atoms with Gasteiger partial charge in [-0.25, -0.2) is 15.0 Å². The summed E-state index contributed by atoms with van der Waals surface area (Å²) in [4.78, 5) is 13.1. The topological polar surface area (TPSA) is 126 Å². The molecule has 9 nitrogen and oxygen atoms in total. The van der Waals surface area contributed by atoms with E-state index in [1.54, 1.807) is 4.57 Å². The predicted octanol–water partition coefficient (Wildman–Crippen LogP) is 0.538. The molecule has 142 valence electrons. The van der Waals surface area contributed by atoms with E-state index < -0.39 is 24.5 Å². The lowest BCUT2D eigenvalue weighted by atomic mass is 10.1. The quantitative estimate of drug-likeness (QED) is 0.419. The van der Waals surface area contributed by atoms with Crippen LogP contribution in [0.5, 0.6) is 0 Å². The fourth-order valence-corrected chi connectivity index (χ4v) is 3.41. The van der Waals surface area contributed by atoms with Gasteiger partial charge in [0.15, 0.2) is 28.4 Å². The van der Waals surface area contributed by atoms with Crippen LogP contribution in [0.15, 0.2) is 23.1 Å². The van der Waals surface area contributed by atoms with Crippen molar-refractivity contribution in [1.82, 2.24) is 19.5 Å². The van der Waals surface area contributed by atoms with Gasteiger partial charge >= 0.3 is 0 Å². The van der Waals surface area contributed by atoms with Gasteiger partial charge in [0.05, 0.1) is 6.61 Å². The standard InChI is InChI=1S/C16H23N5O4S/c1-8(2)4-5-17-13-10-14(19-7-18-13)21(16(20-10)26-3)15-12(24)11(23)9(6-22)25-15/h4,7,9,11-12,15,22-24H,5-6H2,1-3H3,(H,17,18,19)/t9-,11-,12-,15?/m1/s1. The molecule has 0 radical (unpaired) electrons. The second kappa shape index (κ2) is 7.89. The zero-order valence-electron chi connectivity index (χ0n) is 14.8. The molecule has 1 aliphatic heterocycles.